The van der Waals surface area contributed by atoms with E-state index >= 15 is 0 Å². The minimum Gasteiger partial charge on any atom is -0.369 e. The zero-order valence-corrected chi connectivity index (χ0v) is 17.3. The minimum absolute atomic E-state index is 0.0654. The van der Waals surface area contributed by atoms with Crippen LogP contribution in [0.3, 0.4) is 0 Å². The highest BCUT2D eigenvalue weighted by Crippen LogP contribution is 2.29. The molecule has 5 rings (SSSR count). The molecule has 0 radical (unpaired) electrons. The number of piperidine rings is 1. The van der Waals surface area contributed by atoms with Gasteiger partial charge in [0.05, 0.1) is 35.4 Å². The van der Waals surface area contributed by atoms with E-state index in [1.165, 1.54) is 6.33 Å². The normalized spacial score (nSPS) is 14.8. The second-order valence-corrected chi connectivity index (χ2v) is 7.80. The third-order valence-electron chi connectivity index (χ3n) is 5.85. The van der Waals surface area contributed by atoms with Crippen LogP contribution >= 0.6 is 0 Å². The first-order valence-electron chi connectivity index (χ1n) is 10.1. The molecule has 5 heterocycles. The van der Waals surface area contributed by atoms with Crippen molar-refractivity contribution in [3.63, 3.8) is 0 Å². The number of hydrogen-bond donors (Lipinski definition) is 1. The lowest BCUT2D eigenvalue weighted by molar-refractivity contribution is 0.488. The van der Waals surface area contributed by atoms with Crippen LogP contribution in [0.5, 0.6) is 0 Å². The van der Waals surface area contributed by atoms with E-state index in [2.05, 4.69) is 31.4 Å². The fourth-order valence-corrected chi connectivity index (χ4v) is 3.97. The van der Waals surface area contributed by atoms with Gasteiger partial charge in [0.2, 0.25) is 5.95 Å². The van der Waals surface area contributed by atoms with Gasteiger partial charge in [-0.15, -0.1) is 0 Å². The maximum atomic E-state index is 12.5. The number of nitrogens with one attached hydrogen (secondary N) is 1. The van der Waals surface area contributed by atoms with Crippen molar-refractivity contribution in [3.8, 4) is 6.07 Å². The van der Waals surface area contributed by atoms with E-state index in [9.17, 15) is 10.1 Å². The number of anilines is 3. The first-order chi connectivity index (χ1) is 15.0. The van der Waals surface area contributed by atoms with Crippen LogP contribution in [0.4, 0.5) is 17.3 Å². The van der Waals surface area contributed by atoms with Gasteiger partial charge in [0.25, 0.3) is 5.56 Å². The summed E-state index contributed by atoms with van der Waals surface area (Å²) in [6.07, 6.45) is 6.58. The van der Waals surface area contributed by atoms with Crippen LogP contribution in [-0.4, -0.2) is 42.2 Å². The molecule has 0 amide bonds. The number of rotatable bonds is 3. The number of aromatic nitrogens is 6. The van der Waals surface area contributed by atoms with Gasteiger partial charge in [-0.1, -0.05) is 0 Å². The molecule has 0 aliphatic carbocycles. The molecular formula is C21H21N9O. The summed E-state index contributed by atoms with van der Waals surface area (Å²) in [4.78, 5) is 28.1. The minimum atomic E-state index is -0.110. The second-order valence-electron chi connectivity index (χ2n) is 7.80. The fourth-order valence-electron chi connectivity index (χ4n) is 3.97. The fraction of sp³-hybridized carbons (Fsp3) is 0.333. The Morgan fingerprint density at radius 2 is 2.03 bits per heavy atom. The maximum absolute atomic E-state index is 12.5. The second kappa shape index (κ2) is 7.36. The van der Waals surface area contributed by atoms with Crippen LogP contribution in [0.25, 0.3) is 16.7 Å². The Morgan fingerprint density at radius 1 is 1.23 bits per heavy atom. The van der Waals surface area contributed by atoms with Crippen LogP contribution < -0.4 is 15.8 Å². The summed E-state index contributed by atoms with van der Waals surface area (Å²) in [5.41, 5.74) is 4.61. The summed E-state index contributed by atoms with van der Waals surface area (Å²) in [5, 5.41) is 16.6. The Morgan fingerprint density at radius 3 is 2.81 bits per heavy atom. The molecule has 10 heteroatoms. The van der Waals surface area contributed by atoms with Crippen LogP contribution in [-0.2, 0) is 7.05 Å². The predicted octanol–water partition coefficient (Wildman–Crippen LogP) is 2.16. The van der Waals surface area contributed by atoms with Crippen molar-refractivity contribution in [2.45, 2.75) is 19.8 Å². The number of pyridine rings is 2. The van der Waals surface area contributed by atoms with Crippen LogP contribution in [0.15, 0.2) is 35.6 Å². The van der Waals surface area contributed by atoms with Gasteiger partial charge < -0.3 is 14.8 Å². The van der Waals surface area contributed by atoms with E-state index < -0.39 is 0 Å². The highest BCUT2D eigenvalue weighted by molar-refractivity contribution is 5.88. The van der Waals surface area contributed by atoms with E-state index in [0.717, 1.165) is 48.5 Å². The smallest absolute Gasteiger partial charge is 0.252 e. The number of nitriles is 1. The molecule has 0 bridgehead atoms. The zero-order valence-electron chi connectivity index (χ0n) is 17.3. The van der Waals surface area contributed by atoms with Gasteiger partial charge in [-0.3, -0.25) is 4.79 Å². The Hall–Kier alpha value is -4.00. The Balaban J connectivity index is 1.56. The lowest BCUT2D eigenvalue weighted by atomic mass is 9.98. The monoisotopic (exact) mass is 415 g/mol. The van der Waals surface area contributed by atoms with Gasteiger partial charge in [-0.2, -0.15) is 10.4 Å². The largest absolute Gasteiger partial charge is 0.369 e. The number of nitrogens with zero attached hydrogens (tertiary/aromatic N) is 8. The van der Waals surface area contributed by atoms with E-state index in [1.807, 2.05) is 19.2 Å². The maximum Gasteiger partial charge on any atom is 0.252 e. The van der Waals surface area contributed by atoms with Crippen molar-refractivity contribution in [2.24, 2.45) is 13.0 Å². The predicted molar refractivity (Wildman–Crippen MR) is 116 cm³/mol. The van der Waals surface area contributed by atoms with E-state index in [0.29, 0.717) is 17.0 Å². The summed E-state index contributed by atoms with van der Waals surface area (Å²) in [5.74, 6) is 0.498. The summed E-state index contributed by atoms with van der Waals surface area (Å²) >= 11 is 0. The van der Waals surface area contributed by atoms with Crippen molar-refractivity contribution in [2.75, 3.05) is 23.3 Å². The molecule has 0 aromatic carbocycles. The number of aryl methyl sites for hydroxylation is 2. The molecule has 1 saturated heterocycles. The van der Waals surface area contributed by atoms with Gasteiger partial charge in [0.1, 0.15) is 11.8 Å². The topological polar surface area (TPSA) is 117 Å². The van der Waals surface area contributed by atoms with Crippen LogP contribution in [0, 0.1) is 24.2 Å². The van der Waals surface area contributed by atoms with Gasteiger partial charge in [-0.25, -0.2) is 19.5 Å². The molecule has 0 unspecified atom stereocenters. The van der Waals surface area contributed by atoms with Crippen LogP contribution in [0.1, 0.15) is 18.4 Å². The molecule has 0 spiro atoms. The van der Waals surface area contributed by atoms with E-state index in [4.69, 9.17) is 4.98 Å². The molecule has 1 N–H and O–H groups in total. The highest BCUT2D eigenvalue weighted by atomic mass is 16.1. The molecule has 1 aliphatic heterocycles. The van der Waals surface area contributed by atoms with E-state index in [1.54, 1.807) is 28.4 Å². The molecule has 1 fully saturated rings. The highest BCUT2D eigenvalue weighted by Gasteiger charge is 2.22. The number of fused-ring (bicyclic) bond motifs is 2. The third-order valence-corrected chi connectivity index (χ3v) is 5.85. The first kappa shape index (κ1) is 19.0. The third kappa shape index (κ3) is 3.34. The average Bonchev–Trinajstić information content (AvgIpc) is 3.23. The average molecular weight is 415 g/mol. The van der Waals surface area contributed by atoms with Gasteiger partial charge >= 0.3 is 0 Å². The summed E-state index contributed by atoms with van der Waals surface area (Å²) in [6.45, 7) is 3.41. The summed E-state index contributed by atoms with van der Waals surface area (Å²) < 4.78 is 3.24. The van der Waals surface area contributed by atoms with Crippen LogP contribution in [0.2, 0.25) is 0 Å². The summed E-state index contributed by atoms with van der Waals surface area (Å²) in [7, 11) is 1.72. The zero-order chi connectivity index (χ0) is 21.5. The van der Waals surface area contributed by atoms with E-state index in [-0.39, 0.29) is 11.5 Å². The molecule has 0 atom stereocenters. The Bertz CT molecular complexity index is 1390. The Kier molecular flexibility index (Phi) is 4.51. The Labute approximate surface area is 177 Å². The summed E-state index contributed by atoms with van der Waals surface area (Å²) in [6, 6.07) is 5.91. The molecular weight excluding hydrogens is 394 g/mol. The van der Waals surface area contributed by atoms with Crippen molar-refractivity contribution < 1.29 is 0 Å². The molecule has 0 saturated carbocycles. The van der Waals surface area contributed by atoms with Crippen molar-refractivity contribution in [1.82, 2.24) is 29.1 Å². The lowest BCUT2D eigenvalue weighted by Gasteiger charge is -2.31. The standard InChI is InChI=1S/C21H21N9O/c1-13-7-18-24-12-25-30(18)11-15(13)26-21-23-10-17-20(27-21)16(8-19(31)28(17)2)29-5-3-14(9-22)4-6-29/h7-8,10-12,14H,3-6H2,1-2H3,(H,23,26,27). The molecule has 156 valence electrons. The lowest BCUT2D eigenvalue weighted by Crippen LogP contribution is -2.34. The SMILES string of the molecule is Cc1cc2ncnn2cc1Nc1ncc2c(n1)c(N1CCC(C#N)CC1)cc(=O)n2C. The van der Waals surface area contributed by atoms with Crippen molar-refractivity contribution in [3.05, 3.63) is 46.8 Å². The van der Waals surface area contributed by atoms with Gasteiger partial charge in [0, 0.05) is 32.1 Å². The van der Waals surface area contributed by atoms with Gasteiger partial charge in [-0.05, 0) is 31.4 Å². The molecule has 4 aromatic rings. The molecule has 1 aliphatic rings. The molecule has 4 aromatic heterocycles. The first-order valence-corrected chi connectivity index (χ1v) is 10.1. The van der Waals surface area contributed by atoms with Crippen molar-refractivity contribution >= 4 is 34.0 Å². The number of hydrogen-bond acceptors (Lipinski definition) is 8. The van der Waals surface area contributed by atoms with Gasteiger partial charge in [0.15, 0.2) is 5.65 Å². The quantitative estimate of drug-likeness (QED) is 0.541. The molecule has 31 heavy (non-hydrogen) atoms. The molecule has 10 nitrogen and oxygen atoms in total. The van der Waals surface area contributed by atoms with Crippen molar-refractivity contribution in [1.29, 1.82) is 5.26 Å².